The third kappa shape index (κ3) is 7.20. The molecule has 0 fully saturated rings. The number of nitrogens with one attached hydrogen (secondary N) is 1. The largest absolute Gasteiger partial charge is 0.395 e. The molecule has 0 saturated carbocycles. The summed E-state index contributed by atoms with van der Waals surface area (Å²) in [6, 6.07) is 0.524. The third-order valence-electron chi connectivity index (χ3n) is 2.49. The van der Waals surface area contributed by atoms with Crippen LogP contribution < -0.4 is 5.32 Å². The van der Waals surface area contributed by atoms with E-state index < -0.39 is 0 Å². The zero-order chi connectivity index (χ0) is 11.9. The van der Waals surface area contributed by atoms with Crippen molar-refractivity contribution in [2.24, 2.45) is 5.41 Å². The second-order valence-electron chi connectivity index (χ2n) is 5.20. The molecule has 0 aliphatic heterocycles. The van der Waals surface area contributed by atoms with Crippen LogP contribution in [0.3, 0.4) is 0 Å². The molecule has 0 amide bonds. The summed E-state index contributed by atoms with van der Waals surface area (Å²) < 4.78 is 0. The van der Waals surface area contributed by atoms with Gasteiger partial charge in [-0.1, -0.05) is 34.6 Å². The van der Waals surface area contributed by atoms with Crippen LogP contribution in [0, 0.1) is 5.41 Å². The van der Waals surface area contributed by atoms with E-state index in [2.05, 4.69) is 39.9 Å². The van der Waals surface area contributed by atoms with Gasteiger partial charge in [-0.2, -0.15) is 11.8 Å². The molecule has 15 heavy (non-hydrogen) atoms. The zero-order valence-electron chi connectivity index (χ0n) is 10.8. The average Bonchev–Trinajstić information content (AvgIpc) is 2.15. The Bertz CT molecular complexity index is 156. The molecule has 0 bridgehead atoms. The summed E-state index contributed by atoms with van der Waals surface area (Å²) in [5.74, 6) is 1.07. The number of hydrogen-bond donors (Lipinski definition) is 2. The molecule has 0 aromatic heterocycles. The predicted molar refractivity (Wildman–Crippen MR) is 70.5 cm³/mol. The Morgan fingerprint density at radius 1 is 1.33 bits per heavy atom. The Labute approximate surface area is 99.2 Å². The maximum absolute atomic E-state index is 8.99. The van der Waals surface area contributed by atoms with Gasteiger partial charge in [0.2, 0.25) is 0 Å². The van der Waals surface area contributed by atoms with Gasteiger partial charge >= 0.3 is 0 Å². The first-order valence-corrected chi connectivity index (χ1v) is 6.92. The van der Waals surface area contributed by atoms with Crippen molar-refractivity contribution in [2.75, 3.05) is 18.9 Å². The van der Waals surface area contributed by atoms with Crippen LogP contribution in [0.2, 0.25) is 0 Å². The smallest absolute Gasteiger partial charge is 0.0547 e. The molecule has 0 heterocycles. The van der Waals surface area contributed by atoms with Crippen LogP contribution >= 0.6 is 11.8 Å². The molecule has 0 radical (unpaired) electrons. The van der Waals surface area contributed by atoms with Crippen molar-refractivity contribution >= 4 is 11.8 Å². The topological polar surface area (TPSA) is 32.3 Å². The van der Waals surface area contributed by atoms with Gasteiger partial charge in [0.05, 0.1) is 6.61 Å². The lowest BCUT2D eigenvalue weighted by atomic mass is 9.88. The third-order valence-corrected chi connectivity index (χ3v) is 3.73. The second kappa shape index (κ2) is 7.53. The fourth-order valence-electron chi connectivity index (χ4n) is 1.25. The van der Waals surface area contributed by atoms with E-state index in [1.165, 1.54) is 6.42 Å². The zero-order valence-corrected chi connectivity index (χ0v) is 11.7. The van der Waals surface area contributed by atoms with Gasteiger partial charge in [-0.3, -0.25) is 0 Å². The number of aliphatic hydroxyl groups is 1. The van der Waals surface area contributed by atoms with E-state index in [9.17, 15) is 0 Å². The van der Waals surface area contributed by atoms with Crippen molar-refractivity contribution in [2.45, 2.75) is 52.3 Å². The summed E-state index contributed by atoms with van der Waals surface area (Å²) in [4.78, 5) is 0. The maximum Gasteiger partial charge on any atom is 0.0547 e. The van der Waals surface area contributed by atoms with Crippen molar-refractivity contribution in [1.82, 2.24) is 5.32 Å². The first kappa shape index (κ1) is 15.3. The van der Waals surface area contributed by atoms with Crippen LogP contribution in [-0.2, 0) is 0 Å². The summed E-state index contributed by atoms with van der Waals surface area (Å²) in [5.41, 5.74) is 0.289. The number of rotatable bonds is 7. The molecule has 2 nitrogen and oxygen atoms in total. The SMILES string of the molecule is CCCNC(CSC(C)CO)C(C)(C)C. The molecule has 0 spiro atoms. The fourth-order valence-corrected chi connectivity index (χ4v) is 2.49. The Morgan fingerprint density at radius 3 is 2.33 bits per heavy atom. The quantitative estimate of drug-likeness (QED) is 0.709. The van der Waals surface area contributed by atoms with Crippen molar-refractivity contribution in [3.05, 3.63) is 0 Å². The van der Waals surface area contributed by atoms with Gasteiger partial charge in [0, 0.05) is 17.0 Å². The van der Waals surface area contributed by atoms with Gasteiger partial charge in [-0.05, 0) is 18.4 Å². The maximum atomic E-state index is 8.99. The van der Waals surface area contributed by atoms with E-state index in [0.29, 0.717) is 11.3 Å². The number of aliphatic hydroxyl groups excluding tert-OH is 1. The molecule has 2 atom stereocenters. The molecule has 0 aromatic carbocycles. The van der Waals surface area contributed by atoms with Gasteiger partial charge in [0.25, 0.3) is 0 Å². The van der Waals surface area contributed by atoms with Crippen LogP contribution in [0.25, 0.3) is 0 Å². The van der Waals surface area contributed by atoms with Gasteiger partial charge < -0.3 is 10.4 Å². The molecule has 0 aromatic rings. The van der Waals surface area contributed by atoms with E-state index in [4.69, 9.17) is 5.11 Å². The average molecular weight is 233 g/mol. The van der Waals surface area contributed by atoms with E-state index in [0.717, 1.165) is 12.3 Å². The highest BCUT2D eigenvalue weighted by molar-refractivity contribution is 7.99. The first-order chi connectivity index (χ1) is 6.91. The highest BCUT2D eigenvalue weighted by Crippen LogP contribution is 2.24. The Morgan fingerprint density at radius 2 is 1.93 bits per heavy atom. The van der Waals surface area contributed by atoms with Crippen LogP contribution in [0.1, 0.15) is 41.0 Å². The molecule has 2 unspecified atom stereocenters. The Balaban J connectivity index is 4.02. The highest BCUT2D eigenvalue weighted by Gasteiger charge is 2.24. The standard InChI is InChI=1S/C12H27NOS/c1-6-7-13-11(12(3,4)5)9-15-10(2)8-14/h10-11,13-14H,6-9H2,1-5H3. The van der Waals surface area contributed by atoms with E-state index in [1.54, 1.807) is 0 Å². The van der Waals surface area contributed by atoms with E-state index in [-0.39, 0.29) is 12.0 Å². The Hall–Kier alpha value is 0.270. The van der Waals surface area contributed by atoms with E-state index in [1.807, 2.05) is 11.8 Å². The van der Waals surface area contributed by atoms with Crippen molar-refractivity contribution in [1.29, 1.82) is 0 Å². The minimum atomic E-state index is 0.273. The van der Waals surface area contributed by atoms with Crippen LogP contribution in [0.5, 0.6) is 0 Å². The van der Waals surface area contributed by atoms with Gasteiger partial charge in [-0.15, -0.1) is 0 Å². The highest BCUT2D eigenvalue weighted by atomic mass is 32.2. The normalized spacial score (nSPS) is 16.4. The molecule has 0 rings (SSSR count). The lowest BCUT2D eigenvalue weighted by Gasteiger charge is -2.32. The second-order valence-corrected chi connectivity index (χ2v) is 6.67. The molecule has 0 aliphatic rings. The summed E-state index contributed by atoms with van der Waals surface area (Å²) in [5, 5.41) is 12.9. The number of thioether (sulfide) groups is 1. The van der Waals surface area contributed by atoms with Crippen LogP contribution in [0.4, 0.5) is 0 Å². The van der Waals surface area contributed by atoms with E-state index >= 15 is 0 Å². The van der Waals surface area contributed by atoms with Crippen molar-refractivity contribution < 1.29 is 5.11 Å². The summed E-state index contributed by atoms with van der Waals surface area (Å²) >= 11 is 1.85. The molecule has 3 heteroatoms. The molecular weight excluding hydrogens is 206 g/mol. The summed E-state index contributed by atoms with van der Waals surface area (Å²) in [6.07, 6.45) is 1.17. The van der Waals surface area contributed by atoms with Crippen LogP contribution in [0.15, 0.2) is 0 Å². The fraction of sp³-hybridized carbons (Fsp3) is 1.00. The summed E-state index contributed by atoms with van der Waals surface area (Å²) in [7, 11) is 0. The molecule has 0 saturated heterocycles. The first-order valence-electron chi connectivity index (χ1n) is 5.87. The van der Waals surface area contributed by atoms with Gasteiger partial charge in [0.15, 0.2) is 0 Å². The predicted octanol–water partition coefficient (Wildman–Crippen LogP) is 2.51. The number of hydrogen-bond acceptors (Lipinski definition) is 3. The van der Waals surface area contributed by atoms with Gasteiger partial charge in [-0.25, -0.2) is 0 Å². The molecule has 2 N–H and O–H groups in total. The monoisotopic (exact) mass is 233 g/mol. The summed E-state index contributed by atoms with van der Waals surface area (Å²) in [6.45, 7) is 12.4. The van der Waals surface area contributed by atoms with Crippen molar-refractivity contribution in [3.8, 4) is 0 Å². The van der Waals surface area contributed by atoms with Crippen LogP contribution in [-0.4, -0.2) is 35.3 Å². The van der Waals surface area contributed by atoms with Gasteiger partial charge in [0.1, 0.15) is 0 Å². The molecule has 0 aliphatic carbocycles. The Kier molecular flexibility index (Phi) is 7.66. The minimum Gasteiger partial charge on any atom is -0.395 e. The minimum absolute atomic E-state index is 0.273. The molecular formula is C12H27NOS. The lowest BCUT2D eigenvalue weighted by Crippen LogP contribution is -2.43. The van der Waals surface area contributed by atoms with Crippen molar-refractivity contribution in [3.63, 3.8) is 0 Å². The lowest BCUT2D eigenvalue weighted by molar-refractivity contribution is 0.288. The molecule has 92 valence electrons.